The average molecular weight is 759 g/mol. The van der Waals surface area contributed by atoms with Crippen molar-refractivity contribution in [1.82, 2.24) is 15.5 Å². The summed E-state index contributed by atoms with van der Waals surface area (Å²) < 4.78 is 25.5. The quantitative estimate of drug-likeness (QED) is 0.121. The maximum atomic E-state index is 5.77. The fourth-order valence-electron chi connectivity index (χ4n) is 8.09. The van der Waals surface area contributed by atoms with Crippen LogP contribution in [-0.2, 0) is 13.1 Å². The fourth-order valence-corrected chi connectivity index (χ4v) is 8.09. The maximum Gasteiger partial charge on any atom is 0.357 e. The van der Waals surface area contributed by atoms with E-state index in [4.69, 9.17) is 23.9 Å². The Kier molecular flexibility index (Phi) is 11.1. The molecule has 0 radical (unpaired) electrons. The van der Waals surface area contributed by atoms with E-state index in [1.807, 2.05) is 18.2 Å². The second-order valence-electron chi connectivity index (χ2n) is 14.2. The Morgan fingerprint density at radius 3 is 1.53 bits per heavy atom. The first kappa shape index (κ1) is 37.2. The first-order valence-electron chi connectivity index (χ1n) is 19.2. The molecule has 57 heavy (non-hydrogen) atoms. The third-order valence-corrected chi connectivity index (χ3v) is 10.7. The number of guanidine groups is 2. The molecule has 6 aromatic carbocycles. The van der Waals surface area contributed by atoms with Crippen LogP contribution in [-0.4, -0.2) is 49.8 Å². The summed E-state index contributed by atoms with van der Waals surface area (Å²) in [7, 11) is 6.75. The molecule has 2 N–H and O–H groups in total. The molecule has 9 heteroatoms. The van der Waals surface area contributed by atoms with Crippen LogP contribution in [0.4, 0.5) is 0 Å². The largest absolute Gasteiger partial charge is 0.497 e. The van der Waals surface area contributed by atoms with Gasteiger partial charge in [-0.15, -0.1) is 0 Å². The van der Waals surface area contributed by atoms with E-state index in [9.17, 15) is 0 Å². The van der Waals surface area contributed by atoms with Crippen molar-refractivity contribution in [2.24, 2.45) is 4.99 Å². The minimum atomic E-state index is -0.153. The second-order valence-corrected chi connectivity index (χ2v) is 14.2. The van der Waals surface area contributed by atoms with Gasteiger partial charge in [0.05, 0.1) is 47.6 Å². The van der Waals surface area contributed by atoms with Crippen molar-refractivity contribution >= 4 is 11.9 Å². The molecule has 9 nitrogen and oxygen atoms in total. The Balaban J connectivity index is 1.33. The lowest BCUT2D eigenvalue weighted by molar-refractivity contribution is -0.583. The molecule has 8 rings (SSSR count). The zero-order valence-electron chi connectivity index (χ0n) is 32.7. The van der Waals surface area contributed by atoms with Crippen LogP contribution in [0.3, 0.4) is 0 Å². The fraction of sp³-hybridized carbons (Fsp3) is 0.208. The van der Waals surface area contributed by atoms with Crippen LogP contribution in [0.25, 0.3) is 0 Å². The first-order chi connectivity index (χ1) is 28.0. The SMILES string of the molecule is COc1cc(CN2C(NC3=N[C@@H](c4ccccc4)[C@H](c4ccccc4)N3)=[N+](Cc3cc(OC)cc(OC)c3)[C@@H](c3ccccc3)[C@@H]2c2ccccc2)cc(OC)c1. The Morgan fingerprint density at radius 2 is 1.02 bits per heavy atom. The number of nitrogens with zero attached hydrogens (tertiary/aromatic N) is 3. The van der Waals surface area contributed by atoms with Gasteiger partial charge in [-0.1, -0.05) is 121 Å². The smallest absolute Gasteiger partial charge is 0.357 e. The highest BCUT2D eigenvalue weighted by atomic mass is 16.5. The van der Waals surface area contributed by atoms with Crippen LogP contribution in [0.5, 0.6) is 23.0 Å². The molecule has 0 fully saturated rings. The zero-order valence-corrected chi connectivity index (χ0v) is 32.7. The van der Waals surface area contributed by atoms with E-state index in [1.165, 1.54) is 11.1 Å². The van der Waals surface area contributed by atoms with E-state index in [2.05, 4.69) is 160 Å². The van der Waals surface area contributed by atoms with Gasteiger partial charge in [0, 0.05) is 12.1 Å². The van der Waals surface area contributed by atoms with E-state index in [0.29, 0.717) is 19.0 Å². The van der Waals surface area contributed by atoms with Crippen LogP contribution < -0.4 is 29.6 Å². The van der Waals surface area contributed by atoms with E-state index in [-0.39, 0.29) is 24.2 Å². The molecule has 2 aliphatic rings. The molecule has 4 atom stereocenters. The lowest BCUT2D eigenvalue weighted by Gasteiger charge is -2.27. The summed E-state index contributed by atoms with van der Waals surface area (Å²) in [5.74, 6) is 4.50. The van der Waals surface area contributed by atoms with Crippen molar-refractivity contribution in [3.63, 3.8) is 0 Å². The summed E-state index contributed by atoms with van der Waals surface area (Å²) in [6, 6.07) is 54.2. The van der Waals surface area contributed by atoms with Crippen LogP contribution in [0.15, 0.2) is 163 Å². The topological polar surface area (TPSA) is 79.6 Å². The molecule has 0 aliphatic carbocycles. The Hall–Kier alpha value is -6.74. The molecule has 288 valence electrons. The van der Waals surface area contributed by atoms with Crippen molar-refractivity contribution < 1.29 is 23.5 Å². The van der Waals surface area contributed by atoms with E-state index < -0.39 is 0 Å². The Labute approximate surface area is 334 Å². The van der Waals surface area contributed by atoms with Crippen LogP contribution in [0, 0.1) is 0 Å². The predicted octanol–water partition coefficient (Wildman–Crippen LogP) is 8.62. The molecule has 0 saturated carbocycles. The van der Waals surface area contributed by atoms with Crippen molar-refractivity contribution in [2.45, 2.75) is 37.3 Å². The predicted molar refractivity (Wildman–Crippen MR) is 224 cm³/mol. The molecule has 6 aromatic rings. The third-order valence-electron chi connectivity index (χ3n) is 10.7. The Morgan fingerprint density at radius 1 is 0.561 bits per heavy atom. The summed E-state index contributed by atoms with van der Waals surface area (Å²) in [6.07, 6.45) is 0. The van der Waals surface area contributed by atoms with Gasteiger partial charge in [0.2, 0.25) is 0 Å². The maximum absolute atomic E-state index is 5.77. The molecular formula is C48H48N5O4+. The summed E-state index contributed by atoms with van der Waals surface area (Å²) >= 11 is 0. The lowest BCUT2D eigenvalue weighted by atomic mass is 9.92. The van der Waals surface area contributed by atoms with E-state index in [0.717, 1.165) is 51.2 Å². The molecule has 0 aromatic heterocycles. The van der Waals surface area contributed by atoms with Crippen LogP contribution in [0.2, 0.25) is 0 Å². The van der Waals surface area contributed by atoms with Gasteiger partial charge in [-0.2, -0.15) is 0 Å². The number of hydrogen-bond donors (Lipinski definition) is 2. The van der Waals surface area contributed by atoms with Crippen LogP contribution in [0.1, 0.15) is 57.5 Å². The number of nitrogens with one attached hydrogen (secondary N) is 2. The number of rotatable bonds is 12. The minimum absolute atomic E-state index is 0.0832. The summed E-state index contributed by atoms with van der Waals surface area (Å²) in [6.45, 7) is 1.07. The summed E-state index contributed by atoms with van der Waals surface area (Å²) in [5.41, 5.74) is 6.72. The molecule has 0 amide bonds. The molecule has 0 saturated heterocycles. The number of benzene rings is 6. The standard InChI is InChI=1S/C48H47N5O4/c1-54-39-25-33(26-40(29-39)55-2)31-52-45(37-21-13-7-14-22-37)46(38-23-15-8-16-24-38)53(32-34-27-41(56-3)30-42(28-34)57-4)48(52)51-47-49-43(35-17-9-5-10-18-35)44(50-47)36-19-11-6-12-20-36/h5-30,43-46H,31-32H2,1-4H3,(H,49,50)/p+1/t43-,44-,45-,46-/m0/s1. The molecule has 0 bridgehead atoms. The molecule has 2 aliphatic heterocycles. The first-order valence-corrected chi connectivity index (χ1v) is 19.2. The summed E-state index contributed by atoms with van der Waals surface area (Å²) in [4.78, 5) is 7.86. The third kappa shape index (κ3) is 8.00. The molecule has 0 spiro atoms. The minimum Gasteiger partial charge on any atom is -0.497 e. The second kappa shape index (κ2) is 17.0. The van der Waals surface area contributed by atoms with Gasteiger partial charge in [0.15, 0.2) is 0 Å². The van der Waals surface area contributed by atoms with Crippen molar-refractivity contribution in [3.05, 3.63) is 191 Å². The normalized spacial score (nSPS) is 18.8. The van der Waals surface area contributed by atoms with Crippen molar-refractivity contribution in [2.75, 3.05) is 28.4 Å². The van der Waals surface area contributed by atoms with Gasteiger partial charge in [-0.05, 0) is 57.6 Å². The highest BCUT2D eigenvalue weighted by molar-refractivity contribution is 5.98. The van der Waals surface area contributed by atoms with Crippen LogP contribution >= 0.6 is 0 Å². The summed E-state index contributed by atoms with van der Waals surface area (Å²) in [5, 5.41) is 7.73. The molecule has 0 unspecified atom stereocenters. The van der Waals surface area contributed by atoms with E-state index in [1.54, 1.807) is 28.4 Å². The monoisotopic (exact) mass is 758 g/mol. The zero-order chi connectivity index (χ0) is 39.1. The highest BCUT2D eigenvalue weighted by Gasteiger charge is 2.49. The lowest BCUT2D eigenvalue weighted by Crippen LogP contribution is -2.48. The van der Waals surface area contributed by atoms with Gasteiger partial charge < -0.3 is 24.3 Å². The molecular weight excluding hydrogens is 711 g/mol. The molecule has 2 heterocycles. The van der Waals surface area contributed by atoms with E-state index >= 15 is 0 Å². The Bertz CT molecular complexity index is 2290. The van der Waals surface area contributed by atoms with Gasteiger partial charge in [0.25, 0.3) is 5.96 Å². The van der Waals surface area contributed by atoms with Crippen molar-refractivity contribution in [1.29, 1.82) is 0 Å². The van der Waals surface area contributed by atoms with Crippen molar-refractivity contribution in [3.8, 4) is 23.0 Å². The average Bonchev–Trinajstić information content (AvgIpc) is 3.83. The van der Waals surface area contributed by atoms with Gasteiger partial charge >= 0.3 is 5.96 Å². The number of hydrogen-bond acceptors (Lipinski definition) is 8. The highest BCUT2D eigenvalue weighted by Crippen LogP contribution is 2.44. The van der Waals surface area contributed by atoms with Gasteiger partial charge in [-0.3, -0.25) is 0 Å². The van der Waals surface area contributed by atoms with Gasteiger partial charge in [-0.25, -0.2) is 19.8 Å². The van der Waals surface area contributed by atoms with Gasteiger partial charge in [0.1, 0.15) is 41.1 Å². The number of ether oxygens (including phenoxy) is 4. The number of methoxy groups -OCH3 is 4. The number of aliphatic imine (C=N–C) groups is 1.